The molecule has 0 aromatic heterocycles. The monoisotopic (exact) mass is 189 g/mol. The molecule has 1 heterocycles. The second-order valence-electron chi connectivity index (χ2n) is 2.74. The maximum absolute atomic E-state index is 11.2. The summed E-state index contributed by atoms with van der Waals surface area (Å²) < 4.78 is 5.16. The maximum atomic E-state index is 11.2. The molecule has 4 heteroatoms. The van der Waals surface area contributed by atoms with Gasteiger partial charge in [0.2, 0.25) is 5.91 Å². The quantitative estimate of drug-likeness (QED) is 0.721. The van der Waals surface area contributed by atoms with Crippen LogP contribution in [-0.4, -0.2) is 25.2 Å². The number of halogens is 1. The van der Waals surface area contributed by atoms with E-state index in [1.807, 2.05) is 0 Å². The largest absolute Gasteiger partial charge is 0.368 e. The van der Waals surface area contributed by atoms with Crippen molar-refractivity contribution >= 4 is 17.5 Å². The van der Waals surface area contributed by atoms with Gasteiger partial charge in [0.15, 0.2) is 0 Å². The number of carbonyl (C=O) groups excluding carboxylic acids is 1. The van der Waals surface area contributed by atoms with Crippen molar-refractivity contribution in [2.75, 3.05) is 13.2 Å². The molecular weight excluding hydrogens is 178 g/mol. The number of hydrogen-bond acceptors (Lipinski definition) is 2. The van der Waals surface area contributed by atoms with E-state index in [1.165, 1.54) is 0 Å². The highest BCUT2D eigenvalue weighted by Gasteiger charge is 2.22. The Hall–Kier alpha value is -0.540. The van der Waals surface area contributed by atoms with E-state index in [0.717, 1.165) is 12.8 Å². The Labute approximate surface area is 76.7 Å². The molecule has 1 aliphatic rings. The molecule has 1 N–H and O–H groups in total. The second kappa shape index (κ2) is 4.48. The van der Waals surface area contributed by atoms with Crippen LogP contribution in [0.4, 0.5) is 0 Å². The SMILES string of the molecule is C=C(Cl)CNC(=O)[C@@H]1CCCO1. The molecule has 1 saturated heterocycles. The molecule has 0 aromatic carbocycles. The first-order valence-corrected chi connectivity index (χ1v) is 4.30. The molecule has 0 aliphatic carbocycles. The van der Waals surface area contributed by atoms with Gasteiger partial charge in [0.1, 0.15) is 6.10 Å². The van der Waals surface area contributed by atoms with Gasteiger partial charge < -0.3 is 10.1 Å². The lowest BCUT2D eigenvalue weighted by atomic mass is 10.2. The Morgan fingerprint density at radius 2 is 2.50 bits per heavy atom. The van der Waals surface area contributed by atoms with Crippen LogP contribution < -0.4 is 5.32 Å². The third-order valence-electron chi connectivity index (χ3n) is 1.68. The number of carbonyl (C=O) groups is 1. The molecule has 1 fully saturated rings. The summed E-state index contributed by atoms with van der Waals surface area (Å²) in [6, 6.07) is 0. The first-order valence-electron chi connectivity index (χ1n) is 3.93. The van der Waals surface area contributed by atoms with Gasteiger partial charge in [-0.1, -0.05) is 18.2 Å². The summed E-state index contributed by atoms with van der Waals surface area (Å²) in [4.78, 5) is 11.2. The van der Waals surface area contributed by atoms with E-state index in [9.17, 15) is 4.79 Å². The Balaban J connectivity index is 2.23. The summed E-state index contributed by atoms with van der Waals surface area (Å²) in [6.45, 7) is 4.46. The smallest absolute Gasteiger partial charge is 0.249 e. The lowest BCUT2D eigenvalue weighted by molar-refractivity contribution is -0.129. The van der Waals surface area contributed by atoms with Gasteiger partial charge in [-0.3, -0.25) is 4.79 Å². The molecule has 1 amide bonds. The number of nitrogens with one attached hydrogen (secondary N) is 1. The van der Waals surface area contributed by atoms with Crippen LogP contribution in [0.25, 0.3) is 0 Å². The van der Waals surface area contributed by atoms with Gasteiger partial charge in [-0.05, 0) is 12.8 Å². The first kappa shape index (κ1) is 9.55. The van der Waals surface area contributed by atoms with E-state index < -0.39 is 0 Å². The van der Waals surface area contributed by atoms with Crippen molar-refractivity contribution in [1.82, 2.24) is 5.32 Å². The van der Waals surface area contributed by atoms with Crippen molar-refractivity contribution in [3.63, 3.8) is 0 Å². The summed E-state index contributed by atoms with van der Waals surface area (Å²) in [7, 11) is 0. The van der Waals surface area contributed by atoms with E-state index >= 15 is 0 Å². The number of ether oxygens (including phenoxy) is 1. The third-order valence-corrected chi connectivity index (χ3v) is 1.81. The molecular formula is C8H12ClNO2. The molecule has 1 atom stereocenters. The highest BCUT2D eigenvalue weighted by atomic mass is 35.5. The fourth-order valence-corrected chi connectivity index (χ4v) is 1.15. The topological polar surface area (TPSA) is 38.3 Å². The summed E-state index contributed by atoms with van der Waals surface area (Å²) in [5.41, 5.74) is 0. The van der Waals surface area contributed by atoms with Crippen LogP contribution >= 0.6 is 11.6 Å². The Kier molecular flexibility index (Phi) is 3.56. The minimum atomic E-state index is -0.277. The predicted octanol–water partition coefficient (Wildman–Crippen LogP) is 1.03. The second-order valence-corrected chi connectivity index (χ2v) is 3.27. The van der Waals surface area contributed by atoms with Gasteiger partial charge in [0, 0.05) is 11.6 Å². The average Bonchev–Trinajstić information content (AvgIpc) is 2.51. The molecule has 68 valence electrons. The van der Waals surface area contributed by atoms with E-state index in [4.69, 9.17) is 16.3 Å². The highest BCUT2D eigenvalue weighted by Crippen LogP contribution is 2.11. The molecule has 1 rings (SSSR count). The third kappa shape index (κ3) is 2.83. The zero-order valence-corrected chi connectivity index (χ0v) is 7.56. The fourth-order valence-electron chi connectivity index (χ4n) is 1.08. The van der Waals surface area contributed by atoms with E-state index in [-0.39, 0.29) is 12.0 Å². The summed E-state index contributed by atoms with van der Waals surface area (Å²) in [6.07, 6.45) is 1.49. The van der Waals surface area contributed by atoms with Gasteiger partial charge in [0.25, 0.3) is 0 Å². The number of amides is 1. The van der Waals surface area contributed by atoms with Gasteiger partial charge in [0.05, 0.1) is 6.54 Å². The van der Waals surface area contributed by atoms with Crippen molar-refractivity contribution in [2.24, 2.45) is 0 Å². The predicted molar refractivity (Wildman–Crippen MR) is 47.0 cm³/mol. The zero-order valence-electron chi connectivity index (χ0n) is 6.81. The lowest BCUT2D eigenvalue weighted by Gasteiger charge is -2.08. The van der Waals surface area contributed by atoms with Crippen molar-refractivity contribution in [3.05, 3.63) is 11.6 Å². The van der Waals surface area contributed by atoms with Crippen molar-refractivity contribution in [2.45, 2.75) is 18.9 Å². The molecule has 3 nitrogen and oxygen atoms in total. The minimum Gasteiger partial charge on any atom is -0.368 e. The van der Waals surface area contributed by atoms with Gasteiger partial charge in [-0.25, -0.2) is 0 Å². The number of hydrogen-bond donors (Lipinski definition) is 1. The van der Waals surface area contributed by atoms with E-state index in [2.05, 4.69) is 11.9 Å². The summed E-state index contributed by atoms with van der Waals surface area (Å²) >= 11 is 5.48. The van der Waals surface area contributed by atoms with Crippen LogP contribution in [0.1, 0.15) is 12.8 Å². The van der Waals surface area contributed by atoms with Crippen LogP contribution in [0.3, 0.4) is 0 Å². The number of rotatable bonds is 3. The van der Waals surface area contributed by atoms with Crippen molar-refractivity contribution in [1.29, 1.82) is 0 Å². The Morgan fingerprint density at radius 1 is 1.75 bits per heavy atom. The molecule has 0 bridgehead atoms. The fraction of sp³-hybridized carbons (Fsp3) is 0.625. The average molecular weight is 190 g/mol. The Morgan fingerprint density at radius 3 is 3.00 bits per heavy atom. The molecule has 1 aliphatic heterocycles. The maximum Gasteiger partial charge on any atom is 0.249 e. The molecule has 0 spiro atoms. The van der Waals surface area contributed by atoms with Gasteiger partial charge in [-0.15, -0.1) is 0 Å². The minimum absolute atomic E-state index is 0.0886. The molecule has 0 radical (unpaired) electrons. The van der Waals surface area contributed by atoms with Crippen LogP contribution in [0, 0.1) is 0 Å². The highest BCUT2D eigenvalue weighted by molar-refractivity contribution is 6.29. The molecule has 0 aromatic rings. The molecule has 12 heavy (non-hydrogen) atoms. The first-order chi connectivity index (χ1) is 5.70. The van der Waals surface area contributed by atoms with Crippen molar-refractivity contribution in [3.8, 4) is 0 Å². The van der Waals surface area contributed by atoms with Crippen molar-refractivity contribution < 1.29 is 9.53 Å². The van der Waals surface area contributed by atoms with Crippen LogP contribution in [0.2, 0.25) is 0 Å². The van der Waals surface area contributed by atoms with Crippen LogP contribution in [0.15, 0.2) is 11.6 Å². The normalized spacial score (nSPS) is 22.2. The van der Waals surface area contributed by atoms with Gasteiger partial charge in [-0.2, -0.15) is 0 Å². The molecule has 0 saturated carbocycles. The van der Waals surface area contributed by atoms with E-state index in [1.54, 1.807) is 0 Å². The van der Waals surface area contributed by atoms with Crippen LogP contribution in [-0.2, 0) is 9.53 Å². The van der Waals surface area contributed by atoms with E-state index in [0.29, 0.717) is 18.2 Å². The van der Waals surface area contributed by atoms with Crippen LogP contribution in [0.5, 0.6) is 0 Å². The zero-order chi connectivity index (χ0) is 8.97. The van der Waals surface area contributed by atoms with Gasteiger partial charge >= 0.3 is 0 Å². The summed E-state index contributed by atoms with van der Waals surface area (Å²) in [5, 5.41) is 3.06. The Bertz CT molecular complexity index is 187. The molecule has 0 unspecified atom stereocenters. The standard InChI is InChI=1S/C8H12ClNO2/c1-6(9)5-10-8(11)7-3-2-4-12-7/h7H,1-5H2,(H,10,11)/t7-/m0/s1. The summed E-state index contributed by atoms with van der Waals surface area (Å²) in [5.74, 6) is -0.0886. The lowest BCUT2D eigenvalue weighted by Crippen LogP contribution is -2.34.